The summed E-state index contributed by atoms with van der Waals surface area (Å²) >= 11 is 12.8. The van der Waals surface area contributed by atoms with Crippen molar-refractivity contribution in [2.75, 3.05) is 13.2 Å². The molecule has 0 amide bonds. The number of unbranched alkanes of at least 4 members (excludes halogenated alkanes) is 1. The standard InChI is InChI=1S/C36H31Cl2NO7/c1-3-24-7-11-26(12-8-24)36(42)46-33-22-30(37)32(21-31(33)38)39-23-25-9-15-29(16-10-25)45-35(41)27-13-17-28(18-14-27)43-19-5-6-20-44-34(40)4-2/h4,7-18,21-23H,2-3,5-6,19-20H2,1H3/b39-23+. The maximum atomic E-state index is 12.6. The van der Waals surface area contributed by atoms with E-state index >= 15 is 0 Å². The molecule has 46 heavy (non-hydrogen) atoms. The topological polar surface area (TPSA) is 100 Å². The molecule has 0 atom stereocenters. The molecule has 4 aromatic rings. The molecule has 10 heteroatoms. The summed E-state index contributed by atoms with van der Waals surface area (Å²) < 4.78 is 21.5. The van der Waals surface area contributed by atoms with E-state index in [-0.39, 0.29) is 15.8 Å². The molecule has 0 saturated carbocycles. The van der Waals surface area contributed by atoms with Gasteiger partial charge in [0.1, 0.15) is 11.5 Å². The first-order valence-electron chi connectivity index (χ1n) is 14.4. The van der Waals surface area contributed by atoms with E-state index in [1.165, 1.54) is 12.1 Å². The molecule has 0 spiro atoms. The number of hydrogen-bond acceptors (Lipinski definition) is 8. The minimum Gasteiger partial charge on any atom is -0.494 e. The third kappa shape index (κ3) is 10.1. The molecule has 4 aromatic carbocycles. The molecule has 0 aliphatic heterocycles. The number of aliphatic imine (C=N–C) groups is 1. The highest BCUT2D eigenvalue weighted by Crippen LogP contribution is 2.36. The van der Waals surface area contributed by atoms with Crippen LogP contribution in [0.2, 0.25) is 10.0 Å². The Kier molecular flexibility index (Phi) is 12.5. The van der Waals surface area contributed by atoms with Crippen molar-refractivity contribution in [1.82, 2.24) is 0 Å². The van der Waals surface area contributed by atoms with Gasteiger partial charge in [-0.15, -0.1) is 0 Å². The van der Waals surface area contributed by atoms with Gasteiger partial charge in [0, 0.05) is 18.4 Å². The van der Waals surface area contributed by atoms with Gasteiger partial charge in [-0.1, -0.05) is 48.8 Å². The monoisotopic (exact) mass is 659 g/mol. The Morgan fingerprint density at radius 1 is 0.761 bits per heavy atom. The number of aryl methyl sites for hydroxylation is 1. The molecule has 4 rings (SSSR count). The van der Waals surface area contributed by atoms with Gasteiger partial charge >= 0.3 is 17.9 Å². The fourth-order valence-electron chi connectivity index (χ4n) is 3.98. The predicted octanol–water partition coefficient (Wildman–Crippen LogP) is 8.63. The van der Waals surface area contributed by atoms with Crippen molar-refractivity contribution in [2.45, 2.75) is 26.2 Å². The average Bonchev–Trinajstić information content (AvgIpc) is 3.07. The number of nitrogens with zero attached hydrogens (tertiary/aromatic N) is 1. The van der Waals surface area contributed by atoms with E-state index in [0.717, 1.165) is 23.6 Å². The highest BCUT2D eigenvalue weighted by atomic mass is 35.5. The highest BCUT2D eigenvalue weighted by molar-refractivity contribution is 6.36. The van der Waals surface area contributed by atoms with E-state index in [0.29, 0.717) is 54.4 Å². The number of halogens is 2. The average molecular weight is 661 g/mol. The van der Waals surface area contributed by atoms with E-state index in [2.05, 4.69) is 11.6 Å². The Labute approximate surface area is 277 Å². The van der Waals surface area contributed by atoms with Gasteiger partial charge in [-0.3, -0.25) is 4.99 Å². The maximum Gasteiger partial charge on any atom is 0.343 e. The third-order valence-corrected chi connectivity index (χ3v) is 7.15. The van der Waals surface area contributed by atoms with Gasteiger partial charge in [0.25, 0.3) is 0 Å². The van der Waals surface area contributed by atoms with Gasteiger partial charge in [-0.25, -0.2) is 14.4 Å². The number of benzene rings is 4. The Morgan fingerprint density at radius 3 is 2.02 bits per heavy atom. The van der Waals surface area contributed by atoms with Gasteiger partial charge < -0.3 is 18.9 Å². The van der Waals surface area contributed by atoms with Crippen LogP contribution in [0.5, 0.6) is 17.2 Å². The molecule has 0 N–H and O–H groups in total. The van der Waals surface area contributed by atoms with Crippen LogP contribution in [0, 0.1) is 0 Å². The van der Waals surface area contributed by atoms with Gasteiger partial charge in [-0.2, -0.15) is 0 Å². The Hall–Kier alpha value is -4.92. The smallest absolute Gasteiger partial charge is 0.343 e. The lowest BCUT2D eigenvalue weighted by molar-refractivity contribution is -0.137. The van der Waals surface area contributed by atoms with Gasteiger partial charge in [0.2, 0.25) is 0 Å². The summed E-state index contributed by atoms with van der Waals surface area (Å²) in [6, 6.07) is 23.5. The van der Waals surface area contributed by atoms with Crippen LogP contribution >= 0.6 is 23.2 Å². The fraction of sp³-hybridized carbons (Fsp3) is 0.167. The quantitative estimate of drug-likeness (QED) is 0.0439. The minimum absolute atomic E-state index is 0.129. The Balaban J connectivity index is 1.27. The largest absolute Gasteiger partial charge is 0.494 e. The molecule has 0 aliphatic rings. The summed E-state index contributed by atoms with van der Waals surface area (Å²) in [7, 11) is 0. The van der Waals surface area contributed by atoms with Crippen LogP contribution in [-0.2, 0) is 16.0 Å². The van der Waals surface area contributed by atoms with Crippen molar-refractivity contribution in [3.05, 3.63) is 130 Å². The SMILES string of the molecule is C=CC(=O)OCCCCOc1ccc(C(=O)Oc2ccc(/C=N/c3cc(Cl)c(OC(=O)c4ccc(CC)cc4)cc3Cl)cc2)cc1. The van der Waals surface area contributed by atoms with E-state index in [4.69, 9.17) is 42.1 Å². The van der Waals surface area contributed by atoms with Crippen molar-refractivity contribution < 1.29 is 33.3 Å². The first kappa shape index (κ1) is 34.0. The highest BCUT2D eigenvalue weighted by Gasteiger charge is 2.14. The Bertz CT molecular complexity index is 1700. The lowest BCUT2D eigenvalue weighted by Crippen LogP contribution is -2.08. The van der Waals surface area contributed by atoms with E-state index in [1.807, 2.05) is 19.1 Å². The lowest BCUT2D eigenvalue weighted by Gasteiger charge is -2.09. The molecule has 0 radical (unpaired) electrons. The third-order valence-electron chi connectivity index (χ3n) is 6.55. The fourth-order valence-corrected chi connectivity index (χ4v) is 4.37. The second-order valence-electron chi connectivity index (χ2n) is 9.84. The molecular formula is C36H31Cl2NO7. The number of carbonyl (C=O) groups excluding carboxylic acids is 3. The molecule has 0 saturated heterocycles. The van der Waals surface area contributed by atoms with Crippen molar-refractivity contribution >= 4 is 53.0 Å². The molecular weight excluding hydrogens is 629 g/mol. The second-order valence-corrected chi connectivity index (χ2v) is 10.7. The second kappa shape index (κ2) is 17.0. The summed E-state index contributed by atoms with van der Waals surface area (Å²) in [6.45, 7) is 6.13. The first-order valence-corrected chi connectivity index (χ1v) is 15.2. The Morgan fingerprint density at radius 2 is 1.37 bits per heavy atom. The number of ether oxygens (including phenoxy) is 4. The zero-order valence-electron chi connectivity index (χ0n) is 25.0. The van der Waals surface area contributed by atoms with Crippen LogP contribution in [-0.4, -0.2) is 37.3 Å². The zero-order valence-corrected chi connectivity index (χ0v) is 26.6. The van der Waals surface area contributed by atoms with Crippen molar-refractivity contribution in [1.29, 1.82) is 0 Å². The summed E-state index contributed by atoms with van der Waals surface area (Å²) in [4.78, 5) is 40.6. The van der Waals surface area contributed by atoms with E-state index < -0.39 is 17.9 Å². The molecule has 0 bridgehead atoms. The lowest BCUT2D eigenvalue weighted by atomic mass is 10.1. The molecule has 0 unspecified atom stereocenters. The van der Waals surface area contributed by atoms with Gasteiger partial charge in [0.05, 0.1) is 40.1 Å². The summed E-state index contributed by atoms with van der Waals surface area (Å²) in [6.07, 6.45) is 4.94. The van der Waals surface area contributed by atoms with Crippen LogP contribution in [0.3, 0.4) is 0 Å². The van der Waals surface area contributed by atoms with Crippen molar-refractivity contribution in [3.8, 4) is 17.2 Å². The van der Waals surface area contributed by atoms with Crippen molar-refractivity contribution in [2.24, 2.45) is 4.99 Å². The van der Waals surface area contributed by atoms with Crippen LogP contribution < -0.4 is 14.2 Å². The molecule has 0 heterocycles. The van der Waals surface area contributed by atoms with Crippen LogP contribution in [0.1, 0.15) is 51.6 Å². The molecule has 236 valence electrons. The van der Waals surface area contributed by atoms with Crippen LogP contribution in [0.25, 0.3) is 0 Å². The first-order chi connectivity index (χ1) is 22.2. The predicted molar refractivity (Wildman–Crippen MR) is 178 cm³/mol. The molecule has 0 fully saturated rings. The van der Waals surface area contributed by atoms with Crippen LogP contribution in [0.15, 0.2) is 103 Å². The van der Waals surface area contributed by atoms with E-state index in [1.54, 1.807) is 66.9 Å². The number of rotatable bonds is 14. The molecule has 0 aliphatic carbocycles. The zero-order chi connectivity index (χ0) is 32.9. The number of hydrogen-bond donors (Lipinski definition) is 0. The number of carbonyl (C=O) groups is 3. The normalized spacial score (nSPS) is 10.8. The minimum atomic E-state index is -0.544. The maximum absolute atomic E-state index is 12.6. The van der Waals surface area contributed by atoms with Crippen molar-refractivity contribution in [3.63, 3.8) is 0 Å². The van der Waals surface area contributed by atoms with E-state index in [9.17, 15) is 14.4 Å². The summed E-state index contributed by atoms with van der Waals surface area (Å²) in [5.74, 6) is -0.410. The van der Waals surface area contributed by atoms with Gasteiger partial charge in [0.15, 0.2) is 5.75 Å². The van der Waals surface area contributed by atoms with Gasteiger partial charge in [-0.05, 0) is 97.1 Å². The molecule has 0 aromatic heterocycles. The van der Waals surface area contributed by atoms with Crippen LogP contribution in [0.4, 0.5) is 5.69 Å². The summed E-state index contributed by atoms with van der Waals surface area (Å²) in [5, 5.41) is 0.430. The summed E-state index contributed by atoms with van der Waals surface area (Å²) in [5.41, 5.74) is 2.98. The molecule has 8 nitrogen and oxygen atoms in total. The number of esters is 3.